The average molecular weight is 216 g/mol. The Morgan fingerprint density at radius 3 is 2.60 bits per heavy atom. The number of hydrogen-bond acceptors (Lipinski definition) is 3. The molecule has 0 saturated heterocycles. The van der Waals surface area contributed by atoms with Crippen molar-refractivity contribution in [2.24, 2.45) is 5.73 Å². The number of nitrogens with zero attached hydrogens (tertiary/aromatic N) is 1. The normalized spacial score (nSPS) is 10.2. The molecule has 0 unspecified atom stereocenters. The average Bonchev–Trinajstić information content (AvgIpc) is 2.31. The first kappa shape index (κ1) is 10.2. The van der Waals surface area contributed by atoms with Crippen LogP contribution in [0.25, 0.3) is 0 Å². The third-order valence-electron chi connectivity index (χ3n) is 2.02. The molecule has 2 rings (SSSR count). The highest BCUT2D eigenvalue weighted by Gasteiger charge is 1.97. The molecule has 0 bridgehead atoms. The van der Waals surface area contributed by atoms with Crippen LogP contribution in [-0.4, -0.2) is 4.98 Å². The fourth-order valence-corrected chi connectivity index (χ4v) is 2.17. The van der Waals surface area contributed by atoms with E-state index in [4.69, 9.17) is 5.73 Å². The van der Waals surface area contributed by atoms with Gasteiger partial charge in [0.2, 0.25) is 0 Å². The van der Waals surface area contributed by atoms with Gasteiger partial charge in [-0.25, -0.2) is 0 Å². The quantitative estimate of drug-likeness (QED) is 0.857. The van der Waals surface area contributed by atoms with E-state index in [1.165, 1.54) is 9.79 Å². The monoisotopic (exact) mass is 216 g/mol. The van der Waals surface area contributed by atoms with E-state index in [1.807, 2.05) is 24.3 Å². The first-order chi connectivity index (χ1) is 7.38. The molecular formula is C12H12N2S. The minimum atomic E-state index is 0.588. The maximum Gasteiger partial charge on any atom is 0.0279 e. The lowest BCUT2D eigenvalue weighted by Gasteiger charge is -2.02. The van der Waals surface area contributed by atoms with Gasteiger partial charge in [0.1, 0.15) is 0 Å². The van der Waals surface area contributed by atoms with E-state index < -0.39 is 0 Å². The second-order valence-electron chi connectivity index (χ2n) is 3.14. The Morgan fingerprint density at radius 2 is 1.87 bits per heavy atom. The largest absolute Gasteiger partial charge is 0.326 e. The molecule has 2 aromatic rings. The van der Waals surface area contributed by atoms with Crippen LogP contribution in [0.3, 0.4) is 0 Å². The summed E-state index contributed by atoms with van der Waals surface area (Å²) in [6, 6.07) is 12.3. The van der Waals surface area contributed by atoms with Gasteiger partial charge >= 0.3 is 0 Å². The van der Waals surface area contributed by atoms with Crippen molar-refractivity contribution in [1.82, 2.24) is 4.98 Å². The molecule has 76 valence electrons. The summed E-state index contributed by atoms with van der Waals surface area (Å²) in [7, 11) is 0. The minimum Gasteiger partial charge on any atom is -0.326 e. The summed E-state index contributed by atoms with van der Waals surface area (Å²) in [5, 5.41) is 0. The summed E-state index contributed by atoms with van der Waals surface area (Å²) in [4.78, 5) is 6.39. The fourth-order valence-electron chi connectivity index (χ4n) is 1.28. The summed E-state index contributed by atoms with van der Waals surface area (Å²) in [5.41, 5.74) is 6.75. The Kier molecular flexibility index (Phi) is 3.37. The highest BCUT2D eigenvalue weighted by Crippen LogP contribution is 2.27. The lowest BCUT2D eigenvalue weighted by molar-refractivity contribution is 1.06. The van der Waals surface area contributed by atoms with E-state index in [9.17, 15) is 0 Å². The molecule has 1 aromatic heterocycles. The molecule has 0 saturated carbocycles. The molecule has 0 atom stereocenters. The smallest absolute Gasteiger partial charge is 0.0279 e. The van der Waals surface area contributed by atoms with Crippen molar-refractivity contribution in [1.29, 1.82) is 0 Å². The van der Waals surface area contributed by atoms with Gasteiger partial charge in [-0.3, -0.25) is 4.98 Å². The number of nitrogens with two attached hydrogens (primary N) is 1. The van der Waals surface area contributed by atoms with Crippen molar-refractivity contribution in [3.63, 3.8) is 0 Å². The van der Waals surface area contributed by atoms with Crippen LogP contribution in [0.5, 0.6) is 0 Å². The first-order valence-corrected chi connectivity index (χ1v) is 5.57. The fraction of sp³-hybridized carbons (Fsp3) is 0.0833. The maximum absolute atomic E-state index is 5.59. The molecule has 0 aliphatic heterocycles. The molecule has 1 heterocycles. The minimum absolute atomic E-state index is 0.588. The van der Waals surface area contributed by atoms with Crippen molar-refractivity contribution in [2.75, 3.05) is 0 Å². The van der Waals surface area contributed by atoms with Gasteiger partial charge in [0, 0.05) is 28.7 Å². The molecule has 2 N–H and O–H groups in total. The van der Waals surface area contributed by atoms with Crippen molar-refractivity contribution < 1.29 is 0 Å². The number of aromatic nitrogens is 1. The van der Waals surface area contributed by atoms with E-state index in [0.29, 0.717) is 6.54 Å². The first-order valence-electron chi connectivity index (χ1n) is 4.75. The number of rotatable bonds is 3. The lowest BCUT2D eigenvalue weighted by atomic mass is 10.2. The van der Waals surface area contributed by atoms with Gasteiger partial charge in [-0.2, -0.15) is 0 Å². The SMILES string of the molecule is NCc1cccc(Sc2ccncc2)c1. The van der Waals surface area contributed by atoms with Gasteiger partial charge in [0.15, 0.2) is 0 Å². The molecule has 0 spiro atoms. The Labute approximate surface area is 93.5 Å². The van der Waals surface area contributed by atoms with Gasteiger partial charge < -0.3 is 5.73 Å². The highest BCUT2D eigenvalue weighted by atomic mass is 32.2. The topological polar surface area (TPSA) is 38.9 Å². The van der Waals surface area contributed by atoms with Crippen LogP contribution in [0, 0.1) is 0 Å². The third kappa shape index (κ3) is 2.81. The van der Waals surface area contributed by atoms with E-state index in [2.05, 4.69) is 17.1 Å². The molecule has 0 amide bonds. The van der Waals surface area contributed by atoms with E-state index in [-0.39, 0.29) is 0 Å². The lowest BCUT2D eigenvalue weighted by Crippen LogP contribution is -1.95. The van der Waals surface area contributed by atoms with Crippen molar-refractivity contribution in [2.45, 2.75) is 16.3 Å². The van der Waals surface area contributed by atoms with Crippen LogP contribution >= 0.6 is 11.8 Å². The van der Waals surface area contributed by atoms with E-state index >= 15 is 0 Å². The second kappa shape index (κ2) is 4.96. The molecule has 0 radical (unpaired) electrons. The maximum atomic E-state index is 5.59. The number of hydrogen-bond donors (Lipinski definition) is 1. The van der Waals surface area contributed by atoms with Crippen LogP contribution in [0.15, 0.2) is 58.6 Å². The summed E-state index contributed by atoms with van der Waals surface area (Å²) < 4.78 is 0. The molecule has 1 aromatic carbocycles. The van der Waals surface area contributed by atoms with E-state index in [0.717, 1.165) is 5.56 Å². The predicted molar refractivity (Wildman–Crippen MR) is 62.7 cm³/mol. The van der Waals surface area contributed by atoms with Gasteiger partial charge in [0.25, 0.3) is 0 Å². The van der Waals surface area contributed by atoms with Crippen molar-refractivity contribution >= 4 is 11.8 Å². The Balaban J connectivity index is 2.17. The molecular weight excluding hydrogens is 204 g/mol. The van der Waals surface area contributed by atoms with Gasteiger partial charge in [-0.05, 0) is 29.8 Å². The molecule has 15 heavy (non-hydrogen) atoms. The Bertz CT molecular complexity index is 429. The number of benzene rings is 1. The van der Waals surface area contributed by atoms with Crippen LogP contribution < -0.4 is 5.73 Å². The molecule has 0 aliphatic carbocycles. The van der Waals surface area contributed by atoms with Gasteiger partial charge in [0.05, 0.1) is 0 Å². The zero-order valence-electron chi connectivity index (χ0n) is 8.26. The summed E-state index contributed by atoms with van der Waals surface area (Å²) in [6.45, 7) is 0.588. The van der Waals surface area contributed by atoms with Gasteiger partial charge in [-0.1, -0.05) is 23.9 Å². The second-order valence-corrected chi connectivity index (χ2v) is 4.28. The van der Waals surface area contributed by atoms with Crippen LogP contribution in [0.2, 0.25) is 0 Å². The standard InChI is InChI=1S/C12H12N2S/c13-9-10-2-1-3-12(8-10)15-11-4-6-14-7-5-11/h1-8H,9,13H2. The third-order valence-corrected chi connectivity index (χ3v) is 3.02. The van der Waals surface area contributed by atoms with E-state index in [1.54, 1.807) is 24.2 Å². The van der Waals surface area contributed by atoms with Crippen LogP contribution in [0.4, 0.5) is 0 Å². The van der Waals surface area contributed by atoms with Crippen molar-refractivity contribution in [3.05, 3.63) is 54.4 Å². The predicted octanol–water partition coefficient (Wildman–Crippen LogP) is 2.69. The zero-order valence-corrected chi connectivity index (χ0v) is 9.08. The summed E-state index contributed by atoms with van der Waals surface area (Å²) in [5.74, 6) is 0. The molecule has 2 nitrogen and oxygen atoms in total. The Morgan fingerprint density at radius 1 is 1.07 bits per heavy atom. The van der Waals surface area contributed by atoms with Crippen LogP contribution in [0.1, 0.15) is 5.56 Å². The molecule has 3 heteroatoms. The molecule has 0 fully saturated rings. The Hall–Kier alpha value is -1.32. The summed E-state index contributed by atoms with van der Waals surface area (Å²) in [6.07, 6.45) is 3.60. The zero-order chi connectivity index (χ0) is 10.5. The van der Waals surface area contributed by atoms with Crippen LogP contribution in [-0.2, 0) is 6.54 Å². The summed E-state index contributed by atoms with van der Waals surface area (Å²) >= 11 is 1.72. The number of pyridine rings is 1. The van der Waals surface area contributed by atoms with Crippen molar-refractivity contribution in [3.8, 4) is 0 Å². The highest BCUT2D eigenvalue weighted by molar-refractivity contribution is 7.99. The molecule has 0 aliphatic rings. The van der Waals surface area contributed by atoms with Gasteiger partial charge in [-0.15, -0.1) is 0 Å².